The predicted octanol–water partition coefficient (Wildman–Crippen LogP) is 1.48. The Labute approximate surface area is 165 Å². The number of benzene rings is 1. The maximum Gasteiger partial charge on any atom is 0.220 e. The van der Waals surface area contributed by atoms with Gasteiger partial charge in [0.15, 0.2) is 5.82 Å². The normalized spacial score (nSPS) is 19.9. The number of nitrogens with one attached hydrogen (secondary N) is 1. The molecule has 1 aromatic heterocycles. The van der Waals surface area contributed by atoms with E-state index in [9.17, 15) is 4.79 Å². The molecule has 1 fully saturated rings. The number of hydrogen-bond acceptors (Lipinski definition) is 6. The van der Waals surface area contributed by atoms with Gasteiger partial charge in [-0.2, -0.15) is 0 Å². The molecule has 0 saturated carbocycles. The van der Waals surface area contributed by atoms with Crippen molar-refractivity contribution in [2.75, 3.05) is 26.3 Å². The molecule has 1 amide bonds. The molecule has 4 rings (SSSR count). The van der Waals surface area contributed by atoms with Crippen LogP contribution in [0.15, 0.2) is 24.3 Å². The number of rotatable bonds is 7. The molecule has 0 bridgehead atoms. The number of ether oxygens (including phenoxy) is 1. The van der Waals surface area contributed by atoms with Gasteiger partial charge in [-0.3, -0.25) is 9.69 Å². The number of hydrogen-bond donors (Lipinski definition) is 1. The van der Waals surface area contributed by atoms with Gasteiger partial charge in [-0.25, -0.2) is 4.68 Å². The number of aromatic nitrogens is 4. The van der Waals surface area contributed by atoms with Crippen LogP contribution < -0.4 is 5.32 Å². The van der Waals surface area contributed by atoms with Crippen molar-refractivity contribution < 1.29 is 9.53 Å². The van der Waals surface area contributed by atoms with Crippen LogP contribution >= 0.6 is 0 Å². The number of carbonyl (C=O) groups is 1. The fourth-order valence-corrected chi connectivity index (χ4v) is 4.03. The van der Waals surface area contributed by atoms with Gasteiger partial charge in [0.2, 0.25) is 5.91 Å². The molecule has 1 saturated heterocycles. The molecule has 0 spiro atoms. The second kappa shape index (κ2) is 9.25. The molecule has 28 heavy (non-hydrogen) atoms. The van der Waals surface area contributed by atoms with E-state index in [0.717, 1.165) is 64.4 Å². The van der Waals surface area contributed by atoms with Crippen LogP contribution in [-0.2, 0) is 29.0 Å². The van der Waals surface area contributed by atoms with E-state index in [0.29, 0.717) is 13.0 Å². The molecule has 1 aliphatic carbocycles. The quantitative estimate of drug-likeness (QED) is 0.778. The van der Waals surface area contributed by atoms with Crippen molar-refractivity contribution in [2.45, 2.75) is 51.2 Å². The number of carbonyl (C=O) groups excluding carboxylic acids is 1. The average Bonchev–Trinajstić information content (AvgIpc) is 3.16. The number of amides is 1. The van der Waals surface area contributed by atoms with Crippen molar-refractivity contribution >= 4 is 5.91 Å². The Morgan fingerprint density at radius 1 is 1.25 bits per heavy atom. The molecular weight excluding hydrogens is 356 g/mol. The van der Waals surface area contributed by atoms with Gasteiger partial charge in [-0.1, -0.05) is 24.3 Å². The van der Waals surface area contributed by atoms with E-state index in [1.807, 2.05) is 4.68 Å². The summed E-state index contributed by atoms with van der Waals surface area (Å²) in [5.41, 5.74) is 2.64. The van der Waals surface area contributed by atoms with Crippen LogP contribution in [0.2, 0.25) is 0 Å². The Morgan fingerprint density at radius 3 is 3.00 bits per heavy atom. The van der Waals surface area contributed by atoms with Crippen LogP contribution in [0.1, 0.15) is 48.7 Å². The lowest BCUT2D eigenvalue weighted by molar-refractivity contribution is -0.122. The zero-order valence-electron chi connectivity index (χ0n) is 16.2. The number of morpholine rings is 1. The van der Waals surface area contributed by atoms with E-state index < -0.39 is 0 Å². The fraction of sp³-hybridized carbons (Fsp3) is 0.600. The van der Waals surface area contributed by atoms with E-state index in [2.05, 4.69) is 50.0 Å². The van der Waals surface area contributed by atoms with E-state index in [4.69, 9.17) is 4.74 Å². The lowest BCUT2D eigenvalue weighted by Crippen LogP contribution is -2.36. The second-order valence-corrected chi connectivity index (χ2v) is 7.52. The summed E-state index contributed by atoms with van der Waals surface area (Å²) in [6.07, 6.45) is 4.45. The van der Waals surface area contributed by atoms with Gasteiger partial charge < -0.3 is 10.1 Å². The molecule has 1 atom stereocenters. The highest BCUT2D eigenvalue weighted by atomic mass is 16.5. The Hall–Kier alpha value is -2.32. The molecule has 0 radical (unpaired) electrons. The molecule has 2 heterocycles. The SMILES string of the molecule is O=C(CCCn1nnnc1CN1CCOCC1)N[C@H]1CCCc2ccccc21. The third kappa shape index (κ3) is 4.74. The molecule has 150 valence electrons. The van der Waals surface area contributed by atoms with Gasteiger partial charge in [-0.05, 0) is 47.2 Å². The van der Waals surface area contributed by atoms with Crippen LogP contribution in [0.5, 0.6) is 0 Å². The lowest BCUT2D eigenvalue weighted by atomic mass is 9.87. The van der Waals surface area contributed by atoms with Gasteiger partial charge >= 0.3 is 0 Å². The first kappa shape index (κ1) is 19.0. The molecule has 1 N–H and O–H groups in total. The summed E-state index contributed by atoms with van der Waals surface area (Å²) in [5.74, 6) is 0.952. The monoisotopic (exact) mass is 384 g/mol. The number of fused-ring (bicyclic) bond motifs is 1. The van der Waals surface area contributed by atoms with Gasteiger partial charge in [-0.15, -0.1) is 5.10 Å². The van der Waals surface area contributed by atoms with Crippen molar-refractivity contribution in [1.29, 1.82) is 0 Å². The van der Waals surface area contributed by atoms with Crippen LogP contribution in [0.25, 0.3) is 0 Å². The summed E-state index contributed by atoms with van der Waals surface area (Å²) < 4.78 is 7.20. The van der Waals surface area contributed by atoms with Crippen LogP contribution in [-0.4, -0.2) is 57.3 Å². The fourth-order valence-electron chi connectivity index (χ4n) is 4.03. The molecule has 1 aliphatic heterocycles. The minimum absolute atomic E-state index is 0.101. The van der Waals surface area contributed by atoms with Crippen LogP contribution in [0.4, 0.5) is 0 Å². The average molecular weight is 384 g/mol. The van der Waals surface area contributed by atoms with Gasteiger partial charge in [0.05, 0.1) is 25.8 Å². The third-order valence-electron chi connectivity index (χ3n) is 5.55. The molecular formula is C20H28N6O2. The van der Waals surface area contributed by atoms with Gasteiger partial charge in [0, 0.05) is 26.1 Å². The Bertz CT molecular complexity index is 787. The molecule has 2 aliphatic rings. The highest BCUT2D eigenvalue weighted by Crippen LogP contribution is 2.29. The summed E-state index contributed by atoms with van der Waals surface area (Å²) in [5, 5.41) is 15.3. The third-order valence-corrected chi connectivity index (χ3v) is 5.55. The Morgan fingerprint density at radius 2 is 2.11 bits per heavy atom. The smallest absolute Gasteiger partial charge is 0.220 e. The lowest BCUT2D eigenvalue weighted by Gasteiger charge is -2.26. The van der Waals surface area contributed by atoms with Crippen molar-refractivity contribution in [3.8, 4) is 0 Å². The minimum atomic E-state index is 0.101. The maximum atomic E-state index is 12.5. The first-order chi connectivity index (χ1) is 13.8. The topological polar surface area (TPSA) is 85.2 Å². The predicted molar refractivity (Wildman–Crippen MR) is 103 cm³/mol. The number of aryl methyl sites for hydroxylation is 2. The number of nitrogens with zero attached hydrogens (tertiary/aromatic N) is 5. The van der Waals surface area contributed by atoms with E-state index in [1.165, 1.54) is 11.1 Å². The van der Waals surface area contributed by atoms with E-state index in [1.54, 1.807) is 0 Å². The Kier molecular flexibility index (Phi) is 6.28. The van der Waals surface area contributed by atoms with E-state index in [-0.39, 0.29) is 11.9 Å². The van der Waals surface area contributed by atoms with Crippen LogP contribution in [0, 0.1) is 0 Å². The summed E-state index contributed by atoms with van der Waals surface area (Å²) in [6.45, 7) is 4.69. The number of tetrazole rings is 1. The summed E-state index contributed by atoms with van der Waals surface area (Å²) >= 11 is 0. The van der Waals surface area contributed by atoms with Crippen LogP contribution in [0.3, 0.4) is 0 Å². The largest absolute Gasteiger partial charge is 0.379 e. The second-order valence-electron chi connectivity index (χ2n) is 7.52. The van der Waals surface area contributed by atoms with Gasteiger partial charge in [0.1, 0.15) is 0 Å². The minimum Gasteiger partial charge on any atom is -0.379 e. The van der Waals surface area contributed by atoms with Crippen molar-refractivity contribution in [3.63, 3.8) is 0 Å². The standard InChI is InChI=1S/C20H28N6O2/c27-20(21-18-8-3-6-16-5-1-2-7-17(16)18)9-4-10-26-19(22-23-24-26)15-25-11-13-28-14-12-25/h1-2,5,7,18H,3-4,6,8-15H2,(H,21,27)/t18-/m0/s1. The van der Waals surface area contributed by atoms with Crippen molar-refractivity contribution in [2.24, 2.45) is 0 Å². The zero-order chi connectivity index (χ0) is 19.2. The molecule has 2 aromatic rings. The summed E-state index contributed by atoms with van der Waals surface area (Å²) in [6, 6.07) is 8.57. The Balaban J connectivity index is 1.25. The molecule has 8 heteroatoms. The zero-order valence-corrected chi connectivity index (χ0v) is 16.2. The molecule has 1 aromatic carbocycles. The van der Waals surface area contributed by atoms with E-state index >= 15 is 0 Å². The summed E-state index contributed by atoms with van der Waals surface area (Å²) in [7, 11) is 0. The first-order valence-electron chi connectivity index (χ1n) is 10.2. The molecule has 0 unspecified atom stereocenters. The maximum absolute atomic E-state index is 12.5. The highest BCUT2D eigenvalue weighted by molar-refractivity contribution is 5.76. The van der Waals surface area contributed by atoms with Gasteiger partial charge in [0.25, 0.3) is 0 Å². The van der Waals surface area contributed by atoms with Crippen molar-refractivity contribution in [1.82, 2.24) is 30.4 Å². The van der Waals surface area contributed by atoms with Crippen molar-refractivity contribution in [3.05, 3.63) is 41.2 Å². The highest BCUT2D eigenvalue weighted by Gasteiger charge is 2.21. The first-order valence-corrected chi connectivity index (χ1v) is 10.2. The summed E-state index contributed by atoms with van der Waals surface area (Å²) in [4.78, 5) is 14.7. The molecule has 8 nitrogen and oxygen atoms in total.